The third-order valence-corrected chi connectivity index (χ3v) is 2.90. The van der Waals surface area contributed by atoms with Crippen molar-refractivity contribution in [3.63, 3.8) is 0 Å². The Bertz CT molecular complexity index is 218. The zero-order chi connectivity index (χ0) is 9.84. The van der Waals surface area contributed by atoms with Crippen LogP contribution in [-0.2, 0) is 9.59 Å². The third kappa shape index (κ3) is 2.88. The van der Waals surface area contributed by atoms with Gasteiger partial charge in [-0.3, -0.25) is 9.59 Å². The van der Waals surface area contributed by atoms with E-state index in [1.54, 1.807) is 0 Å². The van der Waals surface area contributed by atoms with E-state index in [4.69, 9.17) is 0 Å². The van der Waals surface area contributed by atoms with Crippen LogP contribution in [0.4, 0.5) is 0 Å². The fourth-order valence-electron chi connectivity index (χ4n) is 1.67. The number of halogens is 1. The Hall–Kier alpha value is -0.220. The Morgan fingerprint density at radius 3 is 2.77 bits per heavy atom. The maximum Gasteiger partial charge on any atom is 0.209 e. The summed E-state index contributed by atoms with van der Waals surface area (Å²) in [6.45, 7) is 1.77. The molecule has 0 amide bonds. The minimum atomic E-state index is -0.291. The molecule has 1 aliphatic rings. The van der Waals surface area contributed by atoms with Gasteiger partial charge in [0.15, 0.2) is 0 Å². The van der Waals surface area contributed by atoms with Crippen molar-refractivity contribution in [2.75, 3.05) is 25.5 Å². The van der Waals surface area contributed by atoms with Gasteiger partial charge in [-0.15, -0.1) is 0 Å². The van der Waals surface area contributed by atoms with Gasteiger partial charge in [-0.05, 0) is 26.4 Å². The number of hydrogen-bond acceptors (Lipinski definition) is 3. The highest BCUT2D eigenvalue weighted by Gasteiger charge is 2.27. The number of likely N-dealkylation sites (tertiary alicyclic amines) is 1. The Morgan fingerprint density at radius 2 is 2.23 bits per heavy atom. The Balaban J connectivity index is 2.51. The van der Waals surface area contributed by atoms with Crippen molar-refractivity contribution >= 4 is 27.5 Å². The van der Waals surface area contributed by atoms with Gasteiger partial charge in [0.05, 0.1) is 5.33 Å². The van der Waals surface area contributed by atoms with E-state index in [1.165, 1.54) is 0 Å². The Kier molecular flexibility index (Phi) is 4.06. The van der Waals surface area contributed by atoms with Gasteiger partial charge in [-0.2, -0.15) is 0 Å². The smallest absolute Gasteiger partial charge is 0.209 e. The molecule has 0 aliphatic carbocycles. The summed E-state index contributed by atoms with van der Waals surface area (Å²) in [4.78, 5) is 24.7. The molecule has 1 saturated heterocycles. The quantitative estimate of drug-likeness (QED) is 0.549. The monoisotopic (exact) mass is 247 g/mol. The minimum Gasteiger partial charge on any atom is -0.306 e. The summed E-state index contributed by atoms with van der Waals surface area (Å²) in [6.07, 6.45) is 1.88. The molecule has 0 radical (unpaired) electrons. The number of Topliss-reactive ketones (excluding diaryl/α,β-unsaturated/α-hetero) is 2. The first-order valence-electron chi connectivity index (χ1n) is 4.46. The first kappa shape index (κ1) is 10.9. The topological polar surface area (TPSA) is 37.4 Å². The molecule has 0 bridgehead atoms. The molecule has 1 atom stereocenters. The molecule has 0 aromatic rings. The molecule has 3 nitrogen and oxygen atoms in total. The number of nitrogens with zero attached hydrogens (tertiary/aromatic N) is 1. The first-order valence-corrected chi connectivity index (χ1v) is 5.59. The molecule has 0 N–H and O–H groups in total. The normalized spacial score (nSPS) is 24.3. The van der Waals surface area contributed by atoms with E-state index in [-0.39, 0.29) is 22.8 Å². The highest BCUT2D eigenvalue weighted by molar-refractivity contribution is 9.09. The predicted molar refractivity (Wildman–Crippen MR) is 54.0 cm³/mol. The van der Waals surface area contributed by atoms with Crippen LogP contribution in [0.5, 0.6) is 0 Å². The van der Waals surface area contributed by atoms with Gasteiger partial charge in [0.1, 0.15) is 0 Å². The molecule has 1 aliphatic heterocycles. The summed E-state index contributed by atoms with van der Waals surface area (Å²) in [6, 6.07) is 0. The molecule has 1 rings (SSSR count). The third-order valence-electron chi connectivity index (χ3n) is 2.39. The molecule has 0 spiro atoms. The first-order chi connectivity index (χ1) is 6.15. The van der Waals surface area contributed by atoms with Crippen molar-refractivity contribution in [1.29, 1.82) is 0 Å². The largest absolute Gasteiger partial charge is 0.306 e. The van der Waals surface area contributed by atoms with Crippen LogP contribution < -0.4 is 0 Å². The SMILES string of the molecule is CN1CCCC(C(=O)C(=O)CBr)C1. The van der Waals surface area contributed by atoms with Crippen molar-refractivity contribution in [1.82, 2.24) is 4.90 Å². The van der Waals surface area contributed by atoms with E-state index < -0.39 is 0 Å². The Morgan fingerprint density at radius 1 is 1.54 bits per heavy atom. The number of alkyl halides is 1. The van der Waals surface area contributed by atoms with Crippen molar-refractivity contribution in [3.05, 3.63) is 0 Å². The van der Waals surface area contributed by atoms with Gasteiger partial charge in [-0.25, -0.2) is 0 Å². The summed E-state index contributed by atoms with van der Waals surface area (Å²) >= 11 is 3.01. The predicted octanol–water partition coefficient (Wildman–Crippen LogP) is 0.861. The fraction of sp³-hybridized carbons (Fsp3) is 0.778. The molecular weight excluding hydrogens is 234 g/mol. The molecular formula is C9H14BrNO2. The summed E-state index contributed by atoms with van der Waals surface area (Å²) in [5.41, 5.74) is 0. The maximum absolute atomic E-state index is 11.5. The van der Waals surface area contributed by atoms with Crippen molar-refractivity contribution < 1.29 is 9.59 Å². The average molecular weight is 248 g/mol. The van der Waals surface area contributed by atoms with E-state index in [0.29, 0.717) is 0 Å². The van der Waals surface area contributed by atoms with E-state index in [1.807, 2.05) is 7.05 Å². The molecule has 0 aromatic heterocycles. The number of rotatable bonds is 3. The number of hydrogen-bond donors (Lipinski definition) is 0. The molecule has 0 saturated carbocycles. The highest BCUT2D eigenvalue weighted by Crippen LogP contribution is 2.16. The van der Waals surface area contributed by atoms with Gasteiger partial charge in [0.25, 0.3) is 0 Å². The Labute approximate surface area is 86.6 Å². The summed E-state index contributed by atoms with van der Waals surface area (Å²) in [5, 5.41) is 0.159. The molecule has 1 heterocycles. The van der Waals surface area contributed by atoms with Crippen LogP contribution in [0.1, 0.15) is 12.8 Å². The summed E-state index contributed by atoms with van der Waals surface area (Å²) in [5.74, 6) is -0.562. The lowest BCUT2D eigenvalue weighted by Gasteiger charge is -2.27. The number of carbonyl (C=O) groups excluding carboxylic acids is 2. The van der Waals surface area contributed by atoms with Crippen molar-refractivity contribution in [2.45, 2.75) is 12.8 Å². The fourth-order valence-corrected chi connectivity index (χ4v) is 1.95. The lowest BCUT2D eigenvalue weighted by atomic mass is 9.92. The molecule has 1 unspecified atom stereocenters. The maximum atomic E-state index is 11.5. The van der Waals surface area contributed by atoms with E-state index >= 15 is 0 Å². The number of carbonyl (C=O) groups is 2. The lowest BCUT2D eigenvalue weighted by Crippen LogP contribution is -2.38. The molecule has 0 aromatic carbocycles. The van der Waals surface area contributed by atoms with Gasteiger partial charge in [0.2, 0.25) is 11.6 Å². The van der Waals surface area contributed by atoms with Crippen LogP contribution in [0, 0.1) is 5.92 Å². The molecule has 74 valence electrons. The number of piperidine rings is 1. The average Bonchev–Trinajstić information content (AvgIpc) is 2.15. The van der Waals surface area contributed by atoms with Crippen LogP contribution in [0.2, 0.25) is 0 Å². The standard InChI is InChI=1S/C9H14BrNO2/c1-11-4-2-3-7(6-11)9(13)8(12)5-10/h7H,2-6H2,1H3. The molecule has 4 heteroatoms. The van der Waals surface area contributed by atoms with Gasteiger partial charge in [0, 0.05) is 12.5 Å². The second kappa shape index (κ2) is 4.86. The molecule has 13 heavy (non-hydrogen) atoms. The van der Waals surface area contributed by atoms with Crippen LogP contribution in [0.25, 0.3) is 0 Å². The van der Waals surface area contributed by atoms with Gasteiger partial charge < -0.3 is 4.90 Å². The highest BCUT2D eigenvalue weighted by atomic mass is 79.9. The summed E-state index contributed by atoms with van der Waals surface area (Å²) < 4.78 is 0. The minimum absolute atomic E-state index is 0.0659. The van der Waals surface area contributed by atoms with Crippen LogP contribution >= 0.6 is 15.9 Å². The van der Waals surface area contributed by atoms with Gasteiger partial charge in [-0.1, -0.05) is 15.9 Å². The van der Waals surface area contributed by atoms with Crippen LogP contribution in [0.15, 0.2) is 0 Å². The van der Waals surface area contributed by atoms with Crippen LogP contribution in [-0.4, -0.2) is 41.9 Å². The van der Waals surface area contributed by atoms with Gasteiger partial charge >= 0.3 is 0 Å². The van der Waals surface area contributed by atoms with Crippen LogP contribution in [0.3, 0.4) is 0 Å². The zero-order valence-electron chi connectivity index (χ0n) is 7.75. The molecule has 1 fully saturated rings. The second-order valence-electron chi connectivity index (χ2n) is 3.52. The lowest BCUT2D eigenvalue weighted by molar-refractivity contribution is -0.138. The summed E-state index contributed by atoms with van der Waals surface area (Å²) in [7, 11) is 1.98. The van der Waals surface area contributed by atoms with E-state index in [0.717, 1.165) is 25.9 Å². The number of ketones is 2. The van der Waals surface area contributed by atoms with E-state index in [2.05, 4.69) is 20.8 Å². The van der Waals surface area contributed by atoms with Crippen molar-refractivity contribution in [2.24, 2.45) is 5.92 Å². The zero-order valence-corrected chi connectivity index (χ0v) is 9.34. The van der Waals surface area contributed by atoms with Crippen molar-refractivity contribution in [3.8, 4) is 0 Å². The second-order valence-corrected chi connectivity index (χ2v) is 4.08. The van der Waals surface area contributed by atoms with E-state index in [9.17, 15) is 9.59 Å².